The fourth-order valence-corrected chi connectivity index (χ4v) is 14.2. The minimum Gasteiger partial charge on any atom is -0.0947 e. The highest BCUT2D eigenvalue weighted by molar-refractivity contribution is 7.64. The second-order valence-corrected chi connectivity index (χ2v) is 18.2. The predicted octanol–water partition coefficient (Wildman–Crippen LogP) is 9.28. The fraction of sp³-hybridized carbons (Fsp3) is 0.846. The van der Waals surface area contributed by atoms with Crippen LogP contribution in [0, 0.1) is 5.92 Å². The molecule has 0 nitrogen and oxygen atoms in total. The maximum absolute atomic E-state index is 2.61. The van der Waals surface area contributed by atoms with Gasteiger partial charge < -0.3 is 0 Å². The Bertz CT molecular complexity index is 516. The number of hydrogen-bond acceptors (Lipinski definition) is 0. The largest absolute Gasteiger partial charge is 0.0947 e. The Kier molecular flexibility index (Phi) is 7.93. The van der Waals surface area contributed by atoms with Crippen molar-refractivity contribution in [3.8, 4) is 0 Å². The third kappa shape index (κ3) is 5.73. The first-order valence-corrected chi connectivity index (χ1v) is 15.1. The summed E-state index contributed by atoms with van der Waals surface area (Å²) in [6.45, 7) is 15.0. The van der Waals surface area contributed by atoms with Crippen LogP contribution < -0.4 is 0 Å². The normalized spacial score (nSPS) is 25.7. The van der Waals surface area contributed by atoms with Crippen LogP contribution in [0.5, 0.6) is 0 Å². The lowest BCUT2D eigenvalue weighted by atomic mass is 9.99. The van der Waals surface area contributed by atoms with Crippen LogP contribution in [0.2, 0.25) is 0 Å². The molecule has 1 unspecified atom stereocenters. The summed E-state index contributed by atoms with van der Waals surface area (Å²) in [5.74, 6) is 0.750. The van der Waals surface area contributed by atoms with Crippen molar-refractivity contribution >= 4 is 15.8 Å². The van der Waals surface area contributed by atoms with E-state index in [0.29, 0.717) is 10.3 Å². The molecule has 0 aromatic rings. The van der Waals surface area contributed by atoms with Crippen LogP contribution in [-0.4, -0.2) is 27.8 Å². The molecule has 2 fully saturated rings. The minimum absolute atomic E-state index is 0.0218. The molecule has 3 aliphatic carbocycles. The van der Waals surface area contributed by atoms with Gasteiger partial charge in [0, 0.05) is 5.92 Å². The molecule has 0 aliphatic heterocycles. The molecule has 0 aromatic heterocycles. The van der Waals surface area contributed by atoms with Crippen LogP contribution in [0.15, 0.2) is 23.5 Å². The van der Waals surface area contributed by atoms with Gasteiger partial charge in [0.15, 0.2) is 0 Å². The lowest BCUT2D eigenvalue weighted by molar-refractivity contribution is 0.485. The molecule has 2 saturated carbocycles. The molecule has 0 spiro atoms. The van der Waals surface area contributed by atoms with Gasteiger partial charge in [0.05, 0.1) is 0 Å². The molecule has 0 saturated heterocycles. The molecule has 0 heterocycles. The van der Waals surface area contributed by atoms with Crippen LogP contribution in [0.4, 0.5) is 0 Å². The second kappa shape index (κ2) is 9.65. The monoisotopic (exact) mass is 420 g/mol. The summed E-state index contributed by atoms with van der Waals surface area (Å²) < 4.78 is 0. The minimum atomic E-state index is -0.0218. The Morgan fingerprint density at radius 3 is 1.64 bits per heavy atom. The maximum atomic E-state index is 2.61. The van der Waals surface area contributed by atoms with E-state index in [9.17, 15) is 0 Å². The van der Waals surface area contributed by atoms with E-state index in [1.165, 1.54) is 70.4 Å². The van der Waals surface area contributed by atoms with Crippen molar-refractivity contribution in [3.05, 3.63) is 23.5 Å². The molecule has 3 rings (SSSR count). The molecule has 0 bridgehead atoms. The van der Waals surface area contributed by atoms with E-state index in [-0.39, 0.29) is 15.8 Å². The molecule has 0 aromatic carbocycles. The molecule has 0 radical (unpaired) electrons. The van der Waals surface area contributed by atoms with E-state index in [0.717, 1.165) is 17.2 Å². The van der Waals surface area contributed by atoms with Crippen LogP contribution in [0.1, 0.15) is 106 Å². The number of rotatable bonds is 5. The average Bonchev–Trinajstić information content (AvgIpc) is 3.08. The van der Waals surface area contributed by atoms with Crippen molar-refractivity contribution in [2.75, 3.05) is 6.16 Å². The van der Waals surface area contributed by atoms with Crippen LogP contribution in [-0.2, 0) is 0 Å². The Morgan fingerprint density at radius 2 is 1.21 bits per heavy atom. The van der Waals surface area contributed by atoms with Gasteiger partial charge in [0.1, 0.15) is 0 Å². The van der Waals surface area contributed by atoms with Crippen LogP contribution in [0.3, 0.4) is 0 Å². The first kappa shape index (κ1) is 23.0. The molecule has 3 aliphatic rings. The Morgan fingerprint density at radius 1 is 0.750 bits per heavy atom. The molecule has 1 atom stereocenters. The second-order valence-electron chi connectivity index (χ2n) is 11.5. The van der Waals surface area contributed by atoms with Crippen molar-refractivity contribution in [1.29, 1.82) is 0 Å². The topological polar surface area (TPSA) is 0 Å². The smallest absolute Gasteiger partial charge is 0.00653 e. The summed E-state index contributed by atoms with van der Waals surface area (Å²) >= 11 is 0. The first-order valence-electron chi connectivity index (χ1n) is 12.1. The van der Waals surface area contributed by atoms with Crippen molar-refractivity contribution in [2.24, 2.45) is 5.92 Å². The van der Waals surface area contributed by atoms with Gasteiger partial charge in [-0.15, -0.1) is 0 Å². The van der Waals surface area contributed by atoms with E-state index in [4.69, 9.17) is 0 Å². The Hall–Kier alpha value is 0.340. The molecular formula is C26H46P2. The van der Waals surface area contributed by atoms with Crippen molar-refractivity contribution in [2.45, 2.75) is 127 Å². The highest BCUT2D eigenvalue weighted by Gasteiger charge is 2.40. The van der Waals surface area contributed by atoms with E-state index < -0.39 is 0 Å². The van der Waals surface area contributed by atoms with Gasteiger partial charge in [-0.25, -0.2) is 0 Å². The number of hydrogen-bond donors (Lipinski definition) is 0. The molecule has 28 heavy (non-hydrogen) atoms. The zero-order valence-electron chi connectivity index (χ0n) is 19.6. The van der Waals surface area contributed by atoms with Gasteiger partial charge in [-0.2, -0.15) is 0 Å². The number of allylic oxidation sites excluding steroid dienone is 4. The zero-order valence-corrected chi connectivity index (χ0v) is 21.4. The van der Waals surface area contributed by atoms with Gasteiger partial charge in [0.25, 0.3) is 0 Å². The summed E-state index contributed by atoms with van der Waals surface area (Å²) in [6.07, 6.45) is 24.2. The molecular weight excluding hydrogens is 374 g/mol. The van der Waals surface area contributed by atoms with Crippen LogP contribution >= 0.6 is 15.8 Å². The summed E-state index contributed by atoms with van der Waals surface area (Å²) in [7, 11) is 0.0475. The van der Waals surface area contributed by atoms with Crippen molar-refractivity contribution < 1.29 is 0 Å². The molecule has 160 valence electrons. The molecule has 0 amide bonds. The van der Waals surface area contributed by atoms with Gasteiger partial charge >= 0.3 is 0 Å². The Labute approximate surface area is 178 Å². The summed E-state index contributed by atoms with van der Waals surface area (Å²) in [6, 6.07) is 0. The Balaban J connectivity index is 1.82. The summed E-state index contributed by atoms with van der Waals surface area (Å²) in [4.78, 5) is 0. The van der Waals surface area contributed by atoms with Gasteiger partial charge in [-0.3, -0.25) is 0 Å². The van der Waals surface area contributed by atoms with E-state index in [1.54, 1.807) is 0 Å². The molecule has 2 heteroatoms. The van der Waals surface area contributed by atoms with Crippen LogP contribution in [0.25, 0.3) is 0 Å². The van der Waals surface area contributed by atoms with Crippen molar-refractivity contribution in [1.82, 2.24) is 0 Å². The van der Waals surface area contributed by atoms with E-state index >= 15 is 0 Å². The lowest BCUT2D eigenvalue weighted by Crippen LogP contribution is -2.29. The quantitative estimate of drug-likeness (QED) is 0.389. The average molecular weight is 421 g/mol. The highest BCUT2D eigenvalue weighted by atomic mass is 31.1. The van der Waals surface area contributed by atoms with Gasteiger partial charge in [0.2, 0.25) is 0 Å². The maximum Gasteiger partial charge on any atom is 0.00653 e. The van der Waals surface area contributed by atoms with Crippen molar-refractivity contribution in [3.63, 3.8) is 0 Å². The zero-order chi connectivity index (χ0) is 20.4. The van der Waals surface area contributed by atoms with Gasteiger partial charge in [-0.05, 0) is 58.8 Å². The fourth-order valence-electron chi connectivity index (χ4n) is 6.13. The summed E-state index contributed by atoms with van der Waals surface area (Å²) in [5, 5.41) is 2.80. The molecule has 0 N–H and O–H groups in total. The first-order chi connectivity index (χ1) is 13.2. The highest BCUT2D eigenvalue weighted by Crippen LogP contribution is 2.67. The van der Waals surface area contributed by atoms with E-state index in [1.807, 2.05) is 5.31 Å². The van der Waals surface area contributed by atoms with Gasteiger partial charge in [-0.1, -0.05) is 114 Å². The SMILES string of the molecule is CC(C)(C)P(CC1C=CC=C1P(C1CCCCC1)C1CCCCC1)C(C)(C)C. The third-order valence-electron chi connectivity index (χ3n) is 7.22. The van der Waals surface area contributed by atoms with E-state index in [2.05, 4.69) is 59.8 Å². The summed E-state index contributed by atoms with van der Waals surface area (Å²) in [5.41, 5.74) is 2.08. The third-order valence-corrected chi connectivity index (χ3v) is 14.9. The lowest BCUT2D eigenvalue weighted by Gasteiger charge is -2.45. The standard InChI is InChI=1S/C26H46P2/c1-25(2,3)27(26(4,5)6)20-21-14-13-19-24(21)28(22-15-9-7-10-16-22)23-17-11-8-12-18-23/h13-14,19,21-23H,7-12,15-18,20H2,1-6H3. The predicted molar refractivity (Wildman–Crippen MR) is 133 cm³/mol.